The second-order valence-electron chi connectivity index (χ2n) is 9.69. The molecule has 1 heterocycles. The molecule has 1 aliphatic carbocycles. The van der Waals surface area contributed by atoms with Crippen molar-refractivity contribution in [1.29, 1.82) is 0 Å². The summed E-state index contributed by atoms with van der Waals surface area (Å²) in [5.41, 5.74) is 3.31. The Bertz CT molecular complexity index is 1380. The predicted molar refractivity (Wildman–Crippen MR) is 153 cm³/mol. The van der Waals surface area contributed by atoms with Gasteiger partial charge in [-0.2, -0.15) is 0 Å². The number of ether oxygens (including phenoxy) is 1. The van der Waals surface area contributed by atoms with E-state index in [1.165, 1.54) is 11.8 Å². The Morgan fingerprint density at radius 1 is 1.00 bits per heavy atom. The van der Waals surface area contributed by atoms with Gasteiger partial charge in [0.2, 0.25) is 5.91 Å². The lowest BCUT2D eigenvalue weighted by atomic mass is 9.78. The van der Waals surface area contributed by atoms with Crippen LogP contribution in [0.2, 0.25) is 0 Å². The molecule has 2 N–H and O–H groups in total. The Morgan fingerprint density at radius 2 is 1.71 bits per heavy atom. The number of aryl methyl sites for hydroxylation is 1. The number of anilines is 2. The van der Waals surface area contributed by atoms with Crippen molar-refractivity contribution in [3.05, 3.63) is 78.4 Å². The summed E-state index contributed by atoms with van der Waals surface area (Å²) in [6, 6.07) is 22.9. The molecule has 0 unspecified atom stereocenters. The third-order valence-corrected chi connectivity index (χ3v) is 7.98. The number of rotatable bonds is 8. The fourth-order valence-corrected chi connectivity index (χ4v) is 5.86. The van der Waals surface area contributed by atoms with Crippen LogP contribution in [0.25, 0.3) is 11.0 Å². The zero-order chi connectivity index (χ0) is 26.5. The van der Waals surface area contributed by atoms with Gasteiger partial charge < -0.3 is 15.0 Å². The quantitative estimate of drug-likeness (QED) is 0.260. The number of amides is 2. The van der Waals surface area contributed by atoms with Crippen molar-refractivity contribution in [2.75, 3.05) is 23.1 Å². The fourth-order valence-electron chi connectivity index (χ4n) is 5.13. The highest BCUT2D eigenvalue weighted by Gasteiger charge is 2.47. The van der Waals surface area contributed by atoms with Gasteiger partial charge in [0.15, 0.2) is 5.16 Å². The Morgan fingerprint density at radius 3 is 2.39 bits per heavy atom. The highest BCUT2D eigenvalue weighted by atomic mass is 32.2. The normalized spacial score (nSPS) is 14.7. The topological polar surface area (TPSA) is 87.3 Å². The average molecular weight is 529 g/mol. The van der Waals surface area contributed by atoms with Crippen molar-refractivity contribution in [2.24, 2.45) is 0 Å². The summed E-state index contributed by atoms with van der Waals surface area (Å²) in [5.74, 6) is 0.547. The van der Waals surface area contributed by atoms with Gasteiger partial charge in [-0.1, -0.05) is 60.9 Å². The van der Waals surface area contributed by atoms with Gasteiger partial charge in [0.25, 0.3) is 5.91 Å². The fraction of sp³-hybridized carbons (Fsp3) is 0.300. The number of aromatic amines is 1. The van der Waals surface area contributed by atoms with Crippen LogP contribution in [0.1, 0.15) is 37.7 Å². The van der Waals surface area contributed by atoms with E-state index in [0.29, 0.717) is 29.4 Å². The molecule has 7 nitrogen and oxygen atoms in total. The standard InChI is InChI=1S/C30H32N4O3S/c1-21-10-12-22(13-11-21)31-28(36)30(18-6-3-7-19-30)34(23-14-16-24(37-2)17-15-23)27(35)20-38-29-32-25-8-4-5-9-26(25)33-29/h4-5,8-17H,3,6-7,18-20H2,1-2H3,(H,31,36)(H,32,33). The predicted octanol–water partition coefficient (Wildman–Crippen LogP) is 6.35. The number of aromatic nitrogens is 2. The number of thioether (sulfide) groups is 1. The molecule has 2 amide bonds. The lowest BCUT2D eigenvalue weighted by molar-refractivity contribution is -0.127. The molecule has 1 aliphatic rings. The van der Waals surface area contributed by atoms with Crippen LogP contribution in [0.4, 0.5) is 11.4 Å². The molecule has 3 aromatic carbocycles. The molecule has 0 atom stereocenters. The number of nitrogens with zero attached hydrogens (tertiary/aromatic N) is 2. The van der Waals surface area contributed by atoms with Crippen LogP contribution in [-0.4, -0.2) is 40.2 Å². The van der Waals surface area contributed by atoms with E-state index in [9.17, 15) is 9.59 Å². The highest BCUT2D eigenvalue weighted by molar-refractivity contribution is 7.99. The number of imidazole rings is 1. The summed E-state index contributed by atoms with van der Waals surface area (Å²) in [6.07, 6.45) is 3.98. The maximum Gasteiger partial charge on any atom is 0.250 e. The summed E-state index contributed by atoms with van der Waals surface area (Å²) >= 11 is 1.35. The second kappa shape index (κ2) is 11.3. The van der Waals surface area contributed by atoms with Gasteiger partial charge in [0, 0.05) is 11.4 Å². The second-order valence-corrected chi connectivity index (χ2v) is 10.7. The van der Waals surface area contributed by atoms with E-state index in [-0.39, 0.29) is 17.6 Å². The van der Waals surface area contributed by atoms with Crippen molar-refractivity contribution in [3.63, 3.8) is 0 Å². The first kappa shape index (κ1) is 25.9. The molecule has 196 valence electrons. The van der Waals surface area contributed by atoms with Crippen LogP contribution in [-0.2, 0) is 9.59 Å². The van der Waals surface area contributed by atoms with Gasteiger partial charge in [0.05, 0.1) is 23.9 Å². The molecule has 4 aromatic rings. The molecule has 0 radical (unpaired) electrons. The number of carbonyl (C=O) groups excluding carboxylic acids is 2. The van der Waals surface area contributed by atoms with E-state index in [4.69, 9.17) is 4.74 Å². The number of hydrogen-bond acceptors (Lipinski definition) is 5. The number of para-hydroxylation sites is 2. The molecule has 5 rings (SSSR count). The largest absolute Gasteiger partial charge is 0.497 e. The van der Waals surface area contributed by atoms with Crippen LogP contribution in [0, 0.1) is 6.92 Å². The summed E-state index contributed by atoms with van der Waals surface area (Å²) in [5, 5.41) is 3.79. The van der Waals surface area contributed by atoms with Crippen LogP contribution >= 0.6 is 11.8 Å². The number of H-pyrrole nitrogens is 1. The summed E-state index contributed by atoms with van der Waals surface area (Å²) in [7, 11) is 1.61. The van der Waals surface area contributed by atoms with Crippen LogP contribution in [0.15, 0.2) is 78.0 Å². The Kier molecular flexibility index (Phi) is 7.69. The molecule has 38 heavy (non-hydrogen) atoms. The van der Waals surface area contributed by atoms with E-state index >= 15 is 0 Å². The first-order valence-corrected chi connectivity index (χ1v) is 13.9. The Labute approximate surface area is 227 Å². The molecule has 1 fully saturated rings. The van der Waals surface area contributed by atoms with E-state index < -0.39 is 5.54 Å². The molecule has 1 aromatic heterocycles. The summed E-state index contributed by atoms with van der Waals surface area (Å²) in [4.78, 5) is 37.7. The molecule has 0 bridgehead atoms. The Balaban J connectivity index is 1.47. The average Bonchev–Trinajstić information content (AvgIpc) is 3.37. The summed E-state index contributed by atoms with van der Waals surface area (Å²) in [6.45, 7) is 2.01. The third kappa shape index (κ3) is 5.41. The first-order valence-electron chi connectivity index (χ1n) is 12.9. The molecule has 8 heteroatoms. The van der Waals surface area contributed by atoms with Gasteiger partial charge in [-0.25, -0.2) is 4.98 Å². The van der Waals surface area contributed by atoms with Crippen molar-refractivity contribution >= 4 is 46.0 Å². The third-order valence-electron chi connectivity index (χ3n) is 7.12. The van der Waals surface area contributed by atoms with Crippen LogP contribution in [0.5, 0.6) is 5.75 Å². The van der Waals surface area contributed by atoms with Gasteiger partial charge in [-0.15, -0.1) is 0 Å². The highest BCUT2D eigenvalue weighted by Crippen LogP contribution is 2.39. The van der Waals surface area contributed by atoms with Gasteiger partial charge >= 0.3 is 0 Å². The number of fused-ring (bicyclic) bond motifs is 1. The monoisotopic (exact) mass is 528 g/mol. The minimum absolute atomic E-state index is 0.137. The maximum absolute atomic E-state index is 14.1. The lowest BCUT2D eigenvalue weighted by Gasteiger charge is -2.45. The van der Waals surface area contributed by atoms with E-state index in [0.717, 1.165) is 41.5 Å². The molecule has 1 saturated carbocycles. The number of benzene rings is 3. The number of hydrogen-bond donors (Lipinski definition) is 2. The van der Waals surface area contributed by atoms with E-state index in [1.807, 2.05) is 79.7 Å². The first-order chi connectivity index (χ1) is 18.5. The molecular weight excluding hydrogens is 496 g/mol. The van der Waals surface area contributed by atoms with Crippen LogP contribution < -0.4 is 15.0 Å². The number of methoxy groups -OCH3 is 1. The number of carbonyl (C=O) groups is 2. The zero-order valence-corrected chi connectivity index (χ0v) is 22.5. The van der Waals surface area contributed by atoms with Crippen molar-refractivity contribution in [1.82, 2.24) is 9.97 Å². The van der Waals surface area contributed by atoms with E-state index in [1.54, 1.807) is 12.0 Å². The van der Waals surface area contributed by atoms with Crippen molar-refractivity contribution < 1.29 is 14.3 Å². The van der Waals surface area contributed by atoms with Crippen molar-refractivity contribution in [3.8, 4) is 5.75 Å². The number of nitrogens with one attached hydrogen (secondary N) is 2. The molecular formula is C30H32N4O3S. The maximum atomic E-state index is 14.1. The van der Waals surface area contributed by atoms with E-state index in [2.05, 4.69) is 15.3 Å². The van der Waals surface area contributed by atoms with Crippen LogP contribution in [0.3, 0.4) is 0 Å². The molecule has 0 saturated heterocycles. The lowest BCUT2D eigenvalue weighted by Crippen LogP contribution is -2.61. The SMILES string of the molecule is COc1ccc(N(C(=O)CSc2nc3ccccc3[nH]2)C2(C(=O)Nc3ccc(C)cc3)CCCCC2)cc1. The zero-order valence-electron chi connectivity index (χ0n) is 21.7. The summed E-state index contributed by atoms with van der Waals surface area (Å²) < 4.78 is 5.35. The molecule has 0 aliphatic heterocycles. The van der Waals surface area contributed by atoms with Gasteiger partial charge in [-0.05, 0) is 68.3 Å². The smallest absolute Gasteiger partial charge is 0.250 e. The van der Waals surface area contributed by atoms with Gasteiger partial charge in [0.1, 0.15) is 11.3 Å². The van der Waals surface area contributed by atoms with Gasteiger partial charge in [-0.3, -0.25) is 14.5 Å². The Hall–Kier alpha value is -3.78. The molecule has 0 spiro atoms. The van der Waals surface area contributed by atoms with Crippen molar-refractivity contribution in [2.45, 2.75) is 49.7 Å². The minimum atomic E-state index is -0.997. The minimum Gasteiger partial charge on any atom is -0.497 e.